The molecule has 1 saturated heterocycles. The minimum Gasteiger partial charge on any atom is -0.273 e. The summed E-state index contributed by atoms with van der Waals surface area (Å²) in [5.74, 6) is -0.263. The van der Waals surface area contributed by atoms with Crippen LogP contribution in [0.2, 0.25) is 0 Å². The minimum atomic E-state index is -0.131. The van der Waals surface area contributed by atoms with Gasteiger partial charge in [-0.15, -0.1) is 0 Å². The molecule has 1 fully saturated rings. The Morgan fingerprint density at radius 2 is 1.60 bits per heavy atom. The first kappa shape index (κ1) is 7.40. The van der Waals surface area contributed by atoms with Crippen LogP contribution in [-0.4, -0.2) is 34.5 Å². The molecule has 56 valence electrons. The number of hydrogen-bond acceptors (Lipinski definition) is 3. The van der Waals surface area contributed by atoms with Crippen LogP contribution < -0.4 is 0 Å². The quantitative estimate of drug-likeness (QED) is 0.366. The lowest BCUT2D eigenvalue weighted by atomic mass is 10.4. The van der Waals surface area contributed by atoms with E-state index in [0.717, 1.165) is 12.1 Å². The molecule has 0 aliphatic carbocycles. The minimum absolute atomic E-state index is 0.000000000000000222. The summed E-state index contributed by atoms with van der Waals surface area (Å²) in [7, 11) is 3.30. The maximum atomic E-state index is 10.8. The maximum Gasteiger partial charge on any atom is 0.242 e. The second-order valence-electron chi connectivity index (χ2n) is 2.04. The summed E-state index contributed by atoms with van der Waals surface area (Å²) in [5.41, 5.74) is 0. The molecule has 0 atom stereocenters. The summed E-state index contributed by atoms with van der Waals surface area (Å²) in [4.78, 5) is 21.6. The second kappa shape index (κ2) is 2.49. The van der Waals surface area contributed by atoms with Gasteiger partial charge in [-0.05, 0) is 0 Å². The Morgan fingerprint density at radius 1 is 1.20 bits per heavy atom. The van der Waals surface area contributed by atoms with E-state index in [4.69, 9.17) is 0 Å². The van der Waals surface area contributed by atoms with Crippen molar-refractivity contribution in [1.82, 2.24) is 8.61 Å². The summed E-state index contributed by atoms with van der Waals surface area (Å²) >= 11 is 1.12. The first-order chi connectivity index (χ1) is 4.61. The molecule has 0 aromatic heterocycles. The van der Waals surface area contributed by atoms with Crippen molar-refractivity contribution in [3.63, 3.8) is 0 Å². The van der Waals surface area contributed by atoms with Gasteiger partial charge in [-0.2, -0.15) is 0 Å². The van der Waals surface area contributed by atoms with Gasteiger partial charge < -0.3 is 0 Å². The van der Waals surface area contributed by atoms with Crippen LogP contribution in [0.5, 0.6) is 0 Å². The number of rotatable bonds is 0. The average Bonchev–Trinajstić information content (AvgIpc) is 1.84. The van der Waals surface area contributed by atoms with Crippen LogP contribution in [0.25, 0.3) is 0 Å². The molecule has 0 aromatic carbocycles. The molecule has 4 nitrogen and oxygen atoms in total. The fourth-order valence-electron chi connectivity index (χ4n) is 0.627. The average molecular weight is 160 g/mol. The first-order valence-corrected chi connectivity index (χ1v) is 3.55. The van der Waals surface area contributed by atoms with Gasteiger partial charge >= 0.3 is 0 Å². The van der Waals surface area contributed by atoms with Crippen LogP contribution >= 0.6 is 12.1 Å². The molecule has 1 rings (SSSR count). The van der Waals surface area contributed by atoms with E-state index in [1.165, 1.54) is 8.61 Å². The lowest BCUT2D eigenvalue weighted by Gasteiger charge is -2.27. The number of amides is 2. The lowest BCUT2D eigenvalue weighted by Crippen LogP contribution is -2.37. The lowest BCUT2D eigenvalue weighted by molar-refractivity contribution is -0.136. The fraction of sp³-hybridized carbons (Fsp3) is 0.600. The van der Waals surface area contributed by atoms with Crippen LogP contribution in [-0.2, 0) is 9.59 Å². The Hall–Kier alpha value is -0.710. The summed E-state index contributed by atoms with van der Waals surface area (Å²) in [6, 6.07) is 0. The Bertz CT molecular complexity index is 164. The van der Waals surface area contributed by atoms with Crippen LogP contribution in [0.3, 0.4) is 0 Å². The highest BCUT2D eigenvalue weighted by molar-refractivity contribution is 7.95. The van der Waals surface area contributed by atoms with Gasteiger partial charge in [-0.3, -0.25) is 18.2 Å². The van der Waals surface area contributed by atoms with Crippen LogP contribution in [0, 0.1) is 0 Å². The predicted molar refractivity (Wildman–Crippen MR) is 37.7 cm³/mol. The molecule has 0 saturated carbocycles. The number of nitrogens with zero attached hydrogens (tertiary/aromatic N) is 2. The Kier molecular flexibility index (Phi) is 1.85. The van der Waals surface area contributed by atoms with E-state index >= 15 is 0 Å². The molecule has 1 aliphatic heterocycles. The molecule has 0 bridgehead atoms. The third-order valence-corrected chi connectivity index (χ3v) is 2.15. The number of carbonyl (C=O) groups is 2. The molecule has 10 heavy (non-hydrogen) atoms. The van der Waals surface area contributed by atoms with E-state index in [-0.39, 0.29) is 18.2 Å². The van der Waals surface area contributed by atoms with Crippen LogP contribution in [0.4, 0.5) is 0 Å². The van der Waals surface area contributed by atoms with Gasteiger partial charge in [0.2, 0.25) is 11.8 Å². The van der Waals surface area contributed by atoms with Crippen molar-refractivity contribution in [3.8, 4) is 0 Å². The summed E-state index contributed by atoms with van der Waals surface area (Å²) in [6.07, 6.45) is -0.000000000000000222. The van der Waals surface area contributed by atoms with Crippen molar-refractivity contribution < 1.29 is 9.59 Å². The van der Waals surface area contributed by atoms with E-state index in [0.29, 0.717) is 0 Å². The molecule has 5 heteroatoms. The van der Waals surface area contributed by atoms with Crippen molar-refractivity contribution >= 4 is 23.9 Å². The van der Waals surface area contributed by atoms with Crippen molar-refractivity contribution in [2.75, 3.05) is 14.1 Å². The van der Waals surface area contributed by atoms with Gasteiger partial charge in [0.25, 0.3) is 0 Å². The molecule has 0 aromatic rings. The molecule has 0 radical (unpaired) electrons. The van der Waals surface area contributed by atoms with Gasteiger partial charge in [0.15, 0.2) is 0 Å². The molecule has 0 spiro atoms. The zero-order valence-electron chi connectivity index (χ0n) is 5.83. The fourth-order valence-corrected chi connectivity index (χ4v) is 1.31. The zero-order valence-corrected chi connectivity index (χ0v) is 6.64. The summed E-state index contributed by atoms with van der Waals surface area (Å²) in [5, 5.41) is 0. The second-order valence-corrected chi connectivity index (χ2v) is 3.30. The van der Waals surface area contributed by atoms with E-state index < -0.39 is 0 Å². The van der Waals surface area contributed by atoms with Crippen molar-refractivity contribution in [2.45, 2.75) is 6.42 Å². The highest BCUT2D eigenvalue weighted by atomic mass is 32.2. The van der Waals surface area contributed by atoms with E-state index in [1.807, 2.05) is 0 Å². The molecular weight excluding hydrogens is 152 g/mol. The standard InChI is InChI=1S/C5H8N2O2S/c1-6-4(8)3-5(9)7(2)10-6/h3H2,1-2H3. The smallest absolute Gasteiger partial charge is 0.242 e. The van der Waals surface area contributed by atoms with Crippen molar-refractivity contribution in [1.29, 1.82) is 0 Å². The van der Waals surface area contributed by atoms with E-state index in [9.17, 15) is 9.59 Å². The van der Waals surface area contributed by atoms with E-state index in [2.05, 4.69) is 0 Å². The maximum absolute atomic E-state index is 10.8. The highest BCUT2D eigenvalue weighted by Crippen LogP contribution is 2.19. The first-order valence-electron chi connectivity index (χ1n) is 2.82. The normalized spacial score (nSPS) is 20.2. The van der Waals surface area contributed by atoms with Crippen molar-refractivity contribution in [3.05, 3.63) is 0 Å². The summed E-state index contributed by atoms with van der Waals surface area (Å²) < 4.78 is 2.89. The number of carbonyl (C=O) groups excluding carboxylic acids is 2. The van der Waals surface area contributed by atoms with E-state index in [1.54, 1.807) is 14.1 Å². The molecule has 1 aliphatic rings. The van der Waals surface area contributed by atoms with Crippen LogP contribution in [0.1, 0.15) is 6.42 Å². The third kappa shape index (κ3) is 1.23. The predicted octanol–water partition coefficient (Wildman–Crippen LogP) is -0.130. The van der Waals surface area contributed by atoms with Gasteiger partial charge in [0, 0.05) is 14.1 Å². The van der Waals surface area contributed by atoms with Gasteiger partial charge in [0.1, 0.15) is 6.42 Å². The Balaban J connectivity index is 2.63. The molecule has 1 heterocycles. The number of hydrogen-bond donors (Lipinski definition) is 0. The third-order valence-electron chi connectivity index (χ3n) is 1.25. The summed E-state index contributed by atoms with van der Waals surface area (Å²) in [6.45, 7) is 0. The van der Waals surface area contributed by atoms with Gasteiger partial charge in [0.05, 0.1) is 12.1 Å². The van der Waals surface area contributed by atoms with Crippen molar-refractivity contribution in [2.24, 2.45) is 0 Å². The van der Waals surface area contributed by atoms with Crippen LogP contribution in [0.15, 0.2) is 0 Å². The van der Waals surface area contributed by atoms with Gasteiger partial charge in [-0.1, -0.05) is 0 Å². The monoisotopic (exact) mass is 160 g/mol. The molecule has 0 N–H and O–H groups in total. The Labute approximate surface area is 63.4 Å². The largest absolute Gasteiger partial charge is 0.273 e. The SMILES string of the molecule is CN1SN(C)C(=O)CC1=O. The zero-order chi connectivity index (χ0) is 7.72. The molecular formula is C5H8N2O2S. The topological polar surface area (TPSA) is 40.6 Å². The Morgan fingerprint density at radius 3 is 1.90 bits per heavy atom. The molecule has 2 amide bonds. The van der Waals surface area contributed by atoms with Gasteiger partial charge in [-0.25, -0.2) is 0 Å². The highest BCUT2D eigenvalue weighted by Gasteiger charge is 2.25. The molecule has 0 unspecified atom stereocenters.